The van der Waals surface area contributed by atoms with Gasteiger partial charge in [0.25, 0.3) is 0 Å². The minimum Gasteiger partial charge on any atom is -0.464 e. The van der Waals surface area contributed by atoms with Crippen molar-refractivity contribution in [1.29, 1.82) is 0 Å². The lowest BCUT2D eigenvalue weighted by Crippen LogP contribution is -2.31. The molecule has 2 aliphatic heterocycles. The molecule has 1 saturated heterocycles. The second-order valence-electron chi connectivity index (χ2n) is 8.82. The van der Waals surface area contributed by atoms with E-state index in [0.29, 0.717) is 19.2 Å². The third-order valence-electron chi connectivity index (χ3n) is 6.84. The Morgan fingerprint density at radius 1 is 1.22 bits per heavy atom. The smallest absolute Gasteiger partial charge is 0.332 e. The molecule has 0 radical (unpaired) electrons. The number of esters is 1. The maximum Gasteiger partial charge on any atom is 0.332 e. The number of rotatable bonds is 7. The summed E-state index contributed by atoms with van der Waals surface area (Å²) in [6, 6.07) is 11.2. The minimum atomic E-state index is -0.330. The number of fused-ring (bicyclic) bond motifs is 5. The number of carbonyl (C=O) groups is 1. The summed E-state index contributed by atoms with van der Waals surface area (Å²) in [5.74, 6) is -0.330. The van der Waals surface area contributed by atoms with Crippen molar-refractivity contribution in [3.05, 3.63) is 65.1 Å². The van der Waals surface area contributed by atoms with E-state index in [2.05, 4.69) is 39.6 Å². The van der Waals surface area contributed by atoms with Crippen LogP contribution in [-0.4, -0.2) is 46.7 Å². The molecular formula is C26H31N3O3. The minimum absolute atomic E-state index is 0.0578. The molecule has 2 aliphatic rings. The molecule has 1 fully saturated rings. The molecule has 4 heterocycles. The van der Waals surface area contributed by atoms with Gasteiger partial charge in [-0.05, 0) is 68.6 Å². The van der Waals surface area contributed by atoms with Crippen molar-refractivity contribution >= 4 is 16.9 Å². The largest absolute Gasteiger partial charge is 0.464 e. The fourth-order valence-corrected chi connectivity index (χ4v) is 5.44. The SMILES string of the molecule is CCOC(=O)COC(Cn1c2c(c3cc(C)ccc31)C1CCCN1CC2)c1ccncc1. The van der Waals surface area contributed by atoms with Gasteiger partial charge in [-0.2, -0.15) is 0 Å². The summed E-state index contributed by atoms with van der Waals surface area (Å²) in [6.07, 6.45) is 6.83. The van der Waals surface area contributed by atoms with Gasteiger partial charge in [0.2, 0.25) is 0 Å². The number of hydrogen-bond acceptors (Lipinski definition) is 5. The maximum absolute atomic E-state index is 12.0. The highest BCUT2D eigenvalue weighted by molar-refractivity contribution is 5.87. The number of nitrogens with zero attached hydrogens (tertiary/aromatic N) is 3. The fraction of sp³-hybridized carbons (Fsp3) is 0.462. The first-order valence-electron chi connectivity index (χ1n) is 11.7. The molecule has 6 heteroatoms. The Balaban J connectivity index is 1.54. The zero-order chi connectivity index (χ0) is 22.1. The third kappa shape index (κ3) is 3.93. The molecule has 0 spiro atoms. The molecule has 2 atom stereocenters. The predicted octanol–water partition coefficient (Wildman–Crippen LogP) is 4.36. The standard InChI is InChI=1S/C26H31N3O3/c1-3-31-25(30)17-32-24(19-8-11-27-12-9-19)16-29-21-7-6-18(2)15-20(21)26-22-5-4-13-28(22)14-10-23(26)29/h6-9,11-12,15,22,24H,3-5,10,13-14,16-17H2,1-2H3. The summed E-state index contributed by atoms with van der Waals surface area (Å²) in [4.78, 5) is 18.8. The van der Waals surface area contributed by atoms with E-state index >= 15 is 0 Å². The van der Waals surface area contributed by atoms with Crippen molar-refractivity contribution in [2.75, 3.05) is 26.3 Å². The average molecular weight is 434 g/mol. The van der Waals surface area contributed by atoms with Gasteiger partial charge in [-0.15, -0.1) is 0 Å². The number of hydrogen-bond donors (Lipinski definition) is 0. The highest BCUT2D eigenvalue weighted by atomic mass is 16.6. The van der Waals surface area contributed by atoms with Crippen LogP contribution in [0, 0.1) is 6.92 Å². The van der Waals surface area contributed by atoms with Crippen LogP contribution < -0.4 is 0 Å². The van der Waals surface area contributed by atoms with Crippen LogP contribution in [-0.2, 0) is 27.2 Å². The Morgan fingerprint density at radius 3 is 2.88 bits per heavy atom. The highest BCUT2D eigenvalue weighted by Crippen LogP contribution is 2.43. The van der Waals surface area contributed by atoms with Crippen LogP contribution in [0.25, 0.3) is 10.9 Å². The molecule has 2 unspecified atom stereocenters. The Labute approximate surface area is 189 Å². The van der Waals surface area contributed by atoms with Crippen LogP contribution in [0.3, 0.4) is 0 Å². The zero-order valence-electron chi connectivity index (χ0n) is 18.9. The van der Waals surface area contributed by atoms with Crippen LogP contribution in [0.2, 0.25) is 0 Å². The quantitative estimate of drug-likeness (QED) is 0.518. The molecule has 168 valence electrons. The van der Waals surface area contributed by atoms with E-state index in [0.717, 1.165) is 18.5 Å². The summed E-state index contributed by atoms with van der Waals surface area (Å²) >= 11 is 0. The van der Waals surface area contributed by atoms with Crippen molar-refractivity contribution in [1.82, 2.24) is 14.5 Å². The van der Waals surface area contributed by atoms with Gasteiger partial charge in [0.15, 0.2) is 0 Å². The monoisotopic (exact) mass is 433 g/mol. The molecule has 2 aromatic heterocycles. The van der Waals surface area contributed by atoms with Crippen molar-refractivity contribution in [3.63, 3.8) is 0 Å². The van der Waals surface area contributed by atoms with E-state index in [-0.39, 0.29) is 18.7 Å². The Kier molecular flexibility index (Phi) is 5.98. The van der Waals surface area contributed by atoms with Gasteiger partial charge in [0.1, 0.15) is 12.7 Å². The lowest BCUT2D eigenvalue weighted by atomic mass is 9.95. The van der Waals surface area contributed by atoms with Crippen LogP contribution in [0.4, 0.5) is 0 Å². The normalized spacial score (nSPS) is 19.0. The number of ether oxygens (including phenoxy) is 2. The molecule has 0 aliphatic carbocycles. The fourth-order valence-electron chi connectivity index (χ4n) is 5.44. The third-order valence-corrected chi connectivity index (χ3v) is 6.84. The summed E-state index contributed by atoms with van der Waals surface area (Å²) in [5, 5.41) is 1.37. The molecule has 32 heavy (non-hydrogen) atoms. The van der Waals surface area contributed by atoms with Gasteiger partial charge in [-0.1, -0.05) is 11.6 Å². The van der Waals surface area contributed by atoms with Crippen LogP contribution in [0.1, 0.15) is 54.3 Å². The number of aryl methyl sites for hydroxylation is 1. The second-order valence-corrected chi connectivity index (χ2v) is 8.82. The maximum atomic E-state index is 12.0. The molecule has 0 saturated carbocycles. The van der Waals surface area contributed by atoms with Gasteiger partial charge < -0.3 is 14.0 Å². The van der Waals surface area contributed by atoms with Gasteiger partial charge in [-0.3, -0.25) is 9.88 Å². The number of pyridine rings is 1. The van der Waals surface area contributed by atoms with E-state index in [9.17, 15) is 4.79 Å². The summed E-state index contributed by atoms with van der Waals surface area (Å²) in [7, 11) is 0. The Hall–Kier alpha value is -2.70. The van der Waals surface area contributed by atoms with Gasteiger partial charge in [-0.25, -0.2) is 4.79 Å². The predicted molar refractivity (Wildman–Crippen MR) is 123 cm³/mol. The van der Waals surface area contributed by atoms with E-state index in [4.69, 9.17) is 9.47 Å². The molecule has 0 bridgehead atoms. The van der Waals surface area contributed by atoms with Gasteiger partial charge in [0.05, 0.1) is 13.2 Å². The van der Waals surface area contributed by atoms with Gasteiger partial charge >= 0.3 is 5.97 Å². The Morgan fingerprint density at radius 2 is 2.06 bits per heavy atom. The average Bonchev–Trinajstić information content (AvgIpc) is 3.39. The van der Waals surface area contributed by atoms with E-state index in [1.54, 1.807) is 12.4 Å². The number of carbonyl (C=O) groups excluding carboxylic acids is 1. The lowest BCUT2D eigenvalue weighted by molar-refractivity contribution is -0.151. The van der Waals surface area contributed by atoms with E-state index in [1.807, 2.05) is 19.1 Å². The molecular weight excluding hydrogens is 402 g/mol. The first-order chi connectivity index (χ1) is 15.7. The Bertz CT molecular complexity index is 1110. The second kappa shape index (κ2) is 9.04. The van der Waals surface area contributed by atoms with E-state index < -0.39 is 0 Å². The highest BCUT2D eigenvalue weighted by Gasteiger charge is 2.35. The van der Waals surface area contributed by atoms with Gasteiger partial charge in [0, 0.05) is 48.0 Å². The first kappa shape index (κ1) is 21.2. The van der Waals surface area contributed by atoms with Crippen molar-refractivity contribution < 1.29 is 14.3 Å². The van der Waals surface area contributed by atoms with Crippen molar-refractivity contribution in [2.45, 2.75) is 51.8 Å². The van der Waals surface area contributed by atoms with Crippen molar-refractivity contribution in [2.24, 2.45) is 0 Å². The lowest BCUT2D eigenvalue weighted by Gasteiger charge is -2.31. The van der Waals surface area contributed by atoms with E-state index in [1.165, 1.54) is 47.1 Å². The molecule has 6 nitrogen and oxygen atoms in total. The molecule has 1 aromatic carbocycles. The summed E-state index contributed by atoms with van der Waals surface area (Å²) in [5.41, 5.74) is 6.49. The number of benzene rings is 1. The summed E-state index contributed by atoms with van der Waals surface area (Å²) in [6.45, 7) is 7.24. The molecule has 5 rings (SSSR count). The van der Waals surface area contributed by atoms with Crippen LogP contribution in [0.5, 0.6) is 0 Å². The zero-order valence-corrected chi connectivity index (χ0v) is 18.9. The molecule has 0 amide bonds. The van der Waals surface area contributed by atoms with Crippen LogP contribution in [0.15, 0.2) is 42.7 Å². The molecule has 3 aromatic rings. The topological polar surface area (TPSA) is 56.6 Å². The van der Waals surface area contributed by atoms with Crippen LogP contribution >= 0.6 is 0 Å². The number of aromatic nitrogens is 2. The summed E-state index contributed by atoms with van der Waals surface area (Å²) < 4.78 is 13.7. The first-order valence-corrected chi connectivity index (χ1v) is 11.7. The van der Waals surface area contributed by atoms with Crippen molar-refractivity contribution in [3.8, 4) is 0 Å². The molecule has 0 N–H and O–H groups in total.